The molecule has 6 heteroatoms. The highest BCUT2D eigenvalue weighted by atomic mass is 16.4. The highest BCUT2D eigenvalue weighted by molar-refractivity contribution is 5.89. The van der Waals surface area contributed by atoms with Gasteiger partial charge in [-0.2, -0.15) is 0 Å². The summed E-state index contributed by atoms with van der Waals surface area (Å²) in [5.74, 6) is -0.546. The first-order chi connectivity index (χ1) is 10.1. The minimum Gasteiger partial charge on any atom is -0.481 e. The van der Waals surface area contributed by atoms with Crippen LogP contribution in [0.3, 0.4) is 0 Å². The predicted molar refractivity (Wildman–Crippen MR) is 76.9 cm³/mol. The van der Waals surface area contributed by atoms with Crippen LogP contribution >= 0.6 is 0 Å². The SMILES string of the molecule is O=C(O)CC1CC2CCC(C1)N2C(=O)Nc1cccnc1. The average Bonchev–Trinajstić information content (AvgIpc) is 2.71. The number of anilines is 1. The fourth-order valence-corrected chi connectivity index (χ4v) is 3.66. The lowest BCUT2D eigenvalue weighted by Gasteiger charge is -2.38. The van der Waals surface area contributed by atoms with Crippen molar-refractivity contribution in [3.05, 3.63) is 24.5 Å². The summed E-state index contributed by atoms with van der Waals surface area (Å²) in [4.78, 5) is 29.2. The van der Waals surface area contributed by atoms with Gasteiger partial charge in [-0.1, -0.05) is 0 Å². The Morgan fingerprint density at radius 3 is 2.62 bits per heavy atom. The number of nitrogens with one attached hydrogen (secondary N) is 1. The van der Waals surface area contributed by atoms with E-state index >= 15 is 0 Å². The van der Waals surface area contributed by atoms with Gasteiger partial charge < -0.3 is 15.3 Å². The lowest BCUT2D eigenvalue weighted by molar-refractivity contribution is -0.138. The van der Waals surface area contributed by atoms with Gasteiger partial charge in [-0.05, 0) is 43.7 Å². The summed E-state index contributed by atoms with van der Waals surface area (Å²) in [5, 5.41) is 11.8. The number of carbonyl (C=O) groups excluding carboxylic acids is 1. The van der Waals surface area contributed by atoms with Gasteiger partial charge in [0.25, 0.3) is 0 Å². The van der Waals surface area contributed by atoms with Crippen LogP contribution in [-0.2, 0) is 4.79 Å². The van der Waals surface area contributed by atoms with Crippen LogP contribution in [0.15, 0.2) is 24.5 Å². The van der Waals surface area contributed by atoms with E-state index in [1.807, 2.05) is 11.0 Å². The number of aliphatic carboxylic acids is 1. The third kappa shape index (κ3) is 2.99. The number of hydrogen-bond acceptors (Lipinski definition) is 3. The van der Waals surface area contributed by atoms with Crippen molar-refractivity contribution in [2.24, 2.45) is 5.92 Å². The molecule has 2 fully saturated rings. The molecule has 112 valence electrons. The molecule has 2 N–H and O–H groups in total. The summed E-state index contributed by atoms with van der Waals surface area (Å²) in [6.45, 7) is 0. The van der Waals surface area contributed by atoms with E-state index in [2.05, 4.69) is 10.3 Å². The second-order valence-corrected chi connectivity index (χ2v) is 5.90. The fraction of sp³-hybridized carbons (Fsp3) is 0.533. The van der Waals surface area contributed by atoms with E-state index in [9.17, 15) is 9.59 Å². The molecule has 2 aliphatic heterocycles. The van der Waals surface area contributed by atoms with Crippen LogP contribution in [0.2, 0.25) is 0 Å². The number of rotatable bonds is 3. The lowest BCUT2D eigenvalue weighted by Crippen LogP contribution is -2.48. The van der Waals surface area contributed by atoms with E-state index < -0.39 is 5.97 Å². The molecule has 0 spiro atoms. The first kappa shape index (κ1) is 13.9. The molecule has 21 heavy (non-hydrogen) atoms. The molecule has 2 bridgehead atoms. The summed E-state index contributed by atoms with van der Waals surface area (Å²) in [6.07, 6.45) is 7.04. The van der Waals surface area contributed by atoms with Crippen LogP contribution in [0.4, 0.5) is 10.5 Å². The van der Waals surface area contributed by atoms with E-state index in [1.54, 1.807) is 18.5 Å². The van der Waals surface area contributed by atoms with Gasteiger partial charge in [0.2, 0.25) is 0 Å². The van der Waals surface area contributed by atoms with Crippen molar-refractivity contribution >= 4 is 17.7 Å². The van der Waals surface area contributed by atoms with Crippen LogP contribution in [0.25, 0.3) is 0 Å². The maximum Gasteiger partial charge on any atom is 0.322 e. The molecule has 3 heterocycles. The first-order valence-electron chi connectivity index (χ1n) is 7.34. The Kier molecular flexibility index (Phi) is 3.77. The van der Waals surface area contributed by atoms with Gasteiger partial charge in [0.05, 0.1) is 11.9 Å². The second-order valence-electron chi connectivity index (χ2n) is 5.90. The van der Waals surface area contributed by atoms with Crippen molar-refractivity contribution in [3.8, 4) is 0 Å². The van der Waals surface area contributed by atoms with E-state index in [1.165, 1.54) is 0 Å². The normalized spacial score (nSPS) is 27.4. The molecule has 2 atom stereocenters. The Hall–Kier alpha value is -2.11. The van der Waals surface area contributed by atoms with E-state index in [-0.39, 0.29) is 30.5 Å². The maximum atomic E-state index is 12.4. The van der Waals surface area contributed by atoms with E-state index in [4.69, 9.17) is 5.11 Å². The van der Waals surface area contributed by atoms with Crippen molar-refractivity contribution < 1.29 is 14.7 Å². The van der Waals surface area contributed by atoms with E-state index in [0.717, 1.165) is 25.7 Å². The molecule has 2 aliphatic rings. The molecule has 0 saturated carbocycles. The number of carboxylic acids is 1. The number of pyridine rings is 1. The second kappa shape index (κ2) is 5.71. The minimum atomic E-state index is -0.743. The predicted octanol–water partition coefficient (Wildman–Crippen LogP) is 2.33. The van der Waals surface area contributed by atoms with Crippen LogP contribution in [0.1, 0.15) is 32.1 Å². The number of hydrogen-bond donors (Lipinski definition) is 2. The van der Waals surface area contributed by atoms with Gasteiger partial charge in [0.15, 0.2) is 0 Å². The first-order valence-corrected chi connectivity index (χ1v) is 7.34. The van der Waals surface area contributed by atoms with Crippen LogP contribution in [0.5, 0.6) is 0 Å². The summed E-state index contributed by atoms with van der Waals surface area (Å²) >= 11 is 0. The molecule has 2 saturated heterocycles. The van der Waals surface area contributed by atoms with Crippen molar-refractivity contribution in [1.82, 2.24) is 9.88 Å². The Morgan fingerprint density at radius 2 is 2.05 bits per heavy atom. The lowest BCUT2D eigenvalue weighted by atomic mass is 9.88. The molecule has 2 unspecified atom stereocenters. The Labute approximate surface area is 123 Å². The van der Waals surface area contributed by atoms with Crippen molar-refractivity contribution in [2.75, 3.05) is 5.32 Å². The van der Waals surface area contributed by atoms with Crippen LogP contribution in [-0.4, -0.2) is 39.1 Å². The zero-order chi connectivity index (χ0) is 14.8. The molecular weight excluding hydrogens is 270 g/mol. The zero-order valence-corrected chi connectivity index (χ0v) is 11.7. The Balaban J connectivity index is 1.65. The van der Waals surface area contributed by atoms with Gasteiger partial charge in [0, 0.05) is 24.7 Å². The number of carbonyl (C=O) groups is 2. The average molecular weight is 289 g/mol. The molecule has 0 aliphatic carbocycles. The number of fused-ring (bicyclic) bond motifs is 2. The van der Waals surface area contributed by atoms with Crippen molar-refractivity contribution in [2.45, 2.75) is 44.2 Å². The maximum absolute atomic E-state index is 12.4. The highest BCUT2D eigenvalue weighted by Gasteiger charge is 2.43. The van der Waals surface area contributed by atoms with Crippen molar-refractivity contribution in [3.63, 3.8) is 0 Å². The quantitative estimate of drug-likeness (QED) is 0.894. The van der Waals surface area contributed by atoms with Crippen LogP contribution in [0, 0.1) is 5.92 Å². The third-order valence-corrected chi connectivity index (χ3v) is 4.44. The van der Waals surface area contributed by atoms with Gasteiger partial charge in [-0.15, -0.1) is 0 Å². The minimum absolute atomic E-state index is 0.0933. The standard InChI is InChI=1S/C15H19N3O3/c19-14(20)8-10-6-12-3-4-13(7-10)18(12)15(21)17-11-2-1-5-16-9-11/h1-2,5,9-10,12-13H,3-4,6-8H2,(H,17,21)(H,19,20). The van der Waals surface area contributed by atoms with Gasteiger partial charge >= 0.3 is 12.0 Å². The molecular formula is C15H19N3O3. The van der Waals surface area contributed by atoms with Gasteiger partial charge in [0.1, 0.15) is 0 Å². The smallest absolute Gasteiger partial charge is 0.322 e. The molecule has 1 aromatic heterocycles. The fourth-order valence-electron chi connectivity index (χ4n) is 3.66. The molecule has 0 aromatic carbocycles. The van der Waals surface area contributed by atoms with Gasteiger partial charge in [-0.25, -0.2) is 4.79 Å². The van der Waals surface area contributed by atoms with Crippen LogP contribution < -0.4 is 5.32 Å². The summed E-state index contributed by atoms with van der Waals surface area (Å²) in [5.41, 5.74) is 0.689. The molecule has 3 rings (SSSR count). The number of amides is 2. The molecule has 0 radical (unpaired) electrons. The molecule has 2 amide bonds. The Bertz CT molecular complexity index is 520. The van der Waals surface area contributed by atoms with Crippen molar-refractivity contribution in [1.29, 1.82) is 0 Å². The monoisotopic (exact) mass is 289 g/mol. The highest BCUT2D eigenvalue weighted by Crippen LogP contribution is 2.40. The number of piperidine rings is 1. The van der Waals surface area contributed by atoms with E-state index in [0.29, 0.717) is 5.69 Å². The number of nitrogens with zero attached hydrogens (tertiary/aromatic N) is 2. The summed E-state index contributed by atoms with van der Waals surface area (Å²) in [6, 6.07) is 3.84. The number of urea groups is 1. The molecule has 1 aromatic rings. The number of carboxylic acid groups (broad SMARTS) is 1. The number of aromatic nitrogens is 1. The summed E-state index contributed by atoms with van der Waals surface area (Å²) in [7, 11) is 0. The summed E-state index contributed by atoms with van der Waals surface area (Å²) < 4.78 is 0. The Morgan fingerprint density at radius 1 is 1.33 bits per heavy atom. The molecule has 6 nitrogen and oxygen atoms in total. The van der Waals surface area contributed by atoms with Gasteiger partial charge in [-0.3, -0.25) is 9.78 Å². The largest absolute Gasteiger partial charge is 0.481 e. The zero-order valence-electron chi connectivity index (χ0n) is 11.7. The topological polar surface area (TPSA) is 82.5 Å². The third-order valence-electron chi connectivity index (χ3n) is 4.44.